The summed E-state index contributed by atoms with van der Waals surface area (Å²) in [6.07, 6.45) is 3.04. The Hall–Kier alpha value is -1.88. The van der Waals surface area contributed by atoms with Gasteiger partial charge in [0.15, 0.2) is 0 Å². The number of benzene rings is 2. The number of hydrogen-bond donors (Lipinski definition) is 1. The van der Waals surface area contributed by atoms with Crippen molar-refractivity contribution in [3.8, 4) is 0 Å². The highest BCUT2D eigenvalue weighted by atomic mass is 28.3. The Morgan fingerprint density at radius 2 is 1.64 bits per heavy atom. The normalized spacial score (nSPS) is 23.9. The molecule has 4 heteroatoms. The summed E-state index contributed by atoms with van der Waals surface area (Å²) in [6, 6.07) is 21.7. The van der Waals surface area contributed by atoms with Crippen LogP contribution in [0, 0.1) is 5.92 Å². The lowest BCUT2D eigenvalue weighted by Crippen LogP contribution is -2.59. The number of ether oxygens (including phenoxy) is 2. The second kappa shape index (κ2) is 8.64. The van der Waals surface area contributed by atoms with Crippen LogP contribution in [0.5, 0.6) is 0 Å². The van der Waals surface area contributed by atoms with Crippen LogP contribution in [0.15, 0.2) is 72.5 Å². The number of rotatable bonds is 7. The largest absolute Gasteiger partial charge is 0.467 e. The Bertz CT molecular complexity index is 749. The highest BCUT2D eigenvalue weighted by molar-refractivity contribution is 7.02. The van der Waals surface area contributed by atoms with E-state index in [0.29, 0.717) is 5.92 Å². The molecule has 0 radical (unpaired) electrons. The zero-order chi connectivity index (χ0) is 20.2. The van der Waals surface area contributed by atoms with E-state index >= 15 is 0 Å². The summed E-state index contributed by atoms with van der Waals surface area (Å²) in [5.41, 5.74) is 0.267. The van der Waals surface area contributed by atoms with Crippen molar-refractivity contribution in [2.45, 2.75) is 45.1 Å². The van der Waals surface area contributed by atoms with Crippen molar-refractivity contribution in [1.82, 2.24) is 0 Å². The average Bonchev–Trinajstić information content (AvgIpc) is 3.03. The highest BCUT2D eigenvalue weighted by Crippen LogP contribution is 2.47. The molecule has 0 amide bonds. The second-order valence-corrected chi connectivity index (χ2v) is 12.6. The van der Waals surface area contributed by atoms with Gasteiger partial charge in [-0.25, -0.2) is 0 Å². The Labute approximate surface area is 170 Å². The summed E-state index contributed by atoms with van der Waals surface area (Å²) in [4.78, 5) is 0. The van der Waals surface area contributed by atoms with Gasteiger partial charge in [0.2, 0.25) is 5.79 Å². The molecule has 1 aliphatic rings. The first-order chi connectivity index (χ1) is 13.4. The van der Waals surface area contributed by atoms with Crippen LogP contribution in [0.2, 0.25) is 12.1 Å². The summed E-state index contributed by atoms with van der Waals surface area (Å²) in [6.45, 7) is 9.09. The number of allylic oxidation sites excluding steroid dienone is 2. The SMILES string of the molecule is CC(C)/C=C1\OC(C)(OCCO)CC1[Si](C)(c1ccccc1)c1ccccc1. The zero-order valence-electron chi connectivity index (χ0n) is 17.4. The predicted octanol–water partition coefficient (Wildman–Crippen LogP) is 3.93. The summed E-state index contributed by atoms with van der Waals surface area (Å²) in [5.74, 6) is 0.728. The fraction of sp³-hybridized carbons (Fsp3) is 0.417. The minimum atomic E-state index is -2.16. The molecule has 0 aromatic heterocycles. The maximum atomic E-state index is 9.25. The van der Waals surface area contributed by atoms with Gasteiger partial charge in [0, 0.05) is 18.9 Å². The van der Waals surface area contributed by atoms with Crippen molar-refractivity contribution < 1.29 is 14.6 Å². The van der Waals surface area contributed by atoms with E-state index in [4.69, 9.17) is 9.47 Å². The third-order valence-electron chi connectivity index (χ3n) is 5.69. The van der Waals surface area contributed by atoms with Crippen LogP contribution in [-0.2, 0) is 9.47 Å². The molecule has 2 aromatic rings. The van der Waals surface area contributed by atoms with Gasteiger partial charge in [-0.2, -0.15) is 0 Å². The fourth-order valence-corrected chi connectivity index (χ4v) is 8.70. The minimum absolute atomic E-state index is 0.00108. The van der Waals surface area contributed by atoms with Gasteiger partial charge in [0.25, 0.3) is 0 Å². The Morgan fingerprint density at radius 1 is 1.11 bits per heavy atom. The third-order valence-corrected chi connectivity index (χ3v) is 10.6. The molecule has 2 unspecified atom stereocenters. The van der Waals surface area contributed by atoms with Gasteiger partial charge in [-0.05, 0) is 12.0 Å². The maximum Gasteiger partial charge on any atom is 0.207 e. The molecular formula is C24H32O3Si. The molecule has 0 aliphatic carbocycles. The molecular weight excluding hydrogens is 364 g/mol. The molecule has 3 rings (SSSR count). The van der Waals surface area contributed by atoms with Gasteiger partial charge in [-0.1, -0.05) is 91.4 Å². The van der Waals surface area contributed by atoms with Gasteiger partial charge < -0.3 is 14.6 Å². The first-order valence-corrected chi connectivity index (χ1v) is 12.7. The monoisotopic (exact) mass is 396 g/mol. The third kappa shape index (κ3) is 4.24. The van der Waals surface area contributed by atoms with E-state index in [1.54, 1.807) is 0 Å². The molecule has 0 saturated carbocycles. The van der Waals surface area contributed by atoms with E-state index in [1.165, 1.54) is 10.4 Å². The van der Waals surface area contributed by atoms with Crippen LogP contribution in [0.1, 0.15) is 27.2 Å². The summed E-state index contributed by atoms with van der Waals surface area (Å²) < 4.78 is 12.4. The molecule has 2 aromatic carbocycles. The Kier molecular flexibility index (Phi) is 6.43. The van der Waals surface area contributed by atoms with Gasteiger partial charge in [0.1, 0.15) is 8.07 Å². The molecule has 1 saturated heterocycles. The molecule has 1 N–H and O–H groups in total. The minimum Gasteiger partial charge on any atom is -0.467 e. The van der Waals surface area contributed by atoms with Gasteiger partial charge >= 0.3 is 0 Å². The predicted molar refractivity (Wildman–Crippen MR) is 118 cm³/mol. The van der Waals surface area contributed by atoms with E-state index in [1.807, 2.05) is 6.92 Å². The molecule has 0 bridgehead atoms. The van der Waals surface area contributed by atoms with Gasteiger partial charge in [0.05, 0.1) is 19.0 Å². The van der Waals surface area contributed by atoms with Crippen LogP contribution in [-0.4, -0.2) is 32.2 Å². The smallest absolute Gasteiger partial charge is 0.207 e. The lowest BCUT2D eigenvalue weighted by Gasteiger charge is -2.34. The van der Waals surface area contributed by atoms with Crippen LogP contribution >= 0.6 is 0 Å². The van der Waals surface area contributed by atoms with Crippen molar-refractivity contribution in [3.63, 3.8) is 0 Å². The molecule has 0 spiro atoms. The molecule has 1 aliphatic heterocycles. The van der Waals surface area contributed by atoms with Crippen molar-refractivity contribution in [1.29, 1.82) is 0 Å². The van der Waals surface area contributed by atoms with E-state index in [-0.39, 0.29) is 18.8 Å². The van der Waals surface area contributed by atoms with Crippen LogP contribution < -0.4 is 10.4 Å². The van der Waals surface area contributed by atoms with Crippen molar-refractivity contribution in [2.24, 2.45) is 5.92 Å². The second-order valence-electron chi connectivity index (χ2n) is 8.31. The van der Waals surface area contributed by atoms with E-state index in [2.05, 4.69) is 87.1 Å². The molecule has 28 heavy (non-hydrogen) atoms. The lowest BCUT2D eigenvalue weighted by molar-refractivity contribution is -0.186. The molecule has 2 atom stereocenters. The molecule has 3 nitrogen and oxygen atoms in total. The highest BCUT2D eigenvalue weighted by Gasteiger charge is 2.52. The maximum absolute atomic E-state index is 9.25. The first-order valence-electron chi connectivity index (χ1n) is 10.2. The van der Waals surface area contributed by atoms with Crippen LogP contribution in [0.3, 0.4) is 0 Å². The summed E-state index contributed by atoms with van der Waals surface area (Å²) in [7, 11) is -2.16. The molecule has 1 heterocycles. The molecule has 1 fully saturated rings. The number of aliphatic hydroxyl groups is 1. The number of hydrogen-bond acceptors (Lipinski definition) is 3. The number of aliphatic hydroxyl groups excluding tert-OH is 1. The van der Waals surface area contributed by atoms with Crippen molar-refractivity contribution in [3.05, 3.63) is 72.5 Å². The quantitative estimate of drug-likeness (QED) is 0.721. The zero-order valence-corrected chi connectivity index (χ0v) is 18.4. The van der Waals surface area contributed by atoms with Crippen molar-refractivity contribution in [2.75, 3.05) is 13.2 Å². The Morgan fingerprint density at radius 3 is 2.11 bits per heavy atom. The standard InChI is InChI=1S/C24H32O3Si/c1-19(2)17-22-23(18-24(3,27-22)26-16-15-25)28(4,20-11-7-5-8-12-20)21-13-9-6-10-14-21/h5-14,17,19,23,25H,15-16,18H2,1-4H3/b22-17-. The van der Waals surface area contributed by atoms with Gasteiger partial charge in [-0.15, -0.1) is 0 Å². The molecule has 150 valence electrons. The van der Waals surface area contributed by atoms with E-state index < -0.39 is 13.9 Å². The fourth-order valence-electron chi connectivity index (χ4n) is 4.29. The Balaban J connectivity index is 2.12. The van der Waals surface area contributed by atoms with Crippen LogP contribution in [0.4, 0.5) is 0 Å². The van der Waals surface area contributed by atoms with E-state index in [0.717, 1.165) is 12.2 Å². The van der Waals surface area contributed by atoms with E-state index in [9.17, 15) is 5.11 Å². The first kappa shape index (κ1) is 20.8. The summed E-state index contributed by atoms with van der Waals surface area (Å²) in [5, 5.41) is 12.0. The average molecular weight is 397 g/mol. The van der Waals surface area contributed by atoms with Gasteiger partial charge in [-0.3, -0.25) is 0 Å². The summed E-state index contributed by atoms with van der Waals surface area (Å²) >= 11 is 0. The van der Waals surface area contributed by atoms with Crippen molar-refractivity contribution >= 4 is 18.4 Å². The lowest BCUT2D eigenvalue weighted by atomic mass is 10.1. The van der Waals surface area contributed by atoms with Crippen LogP contribution in [0.25, 0.3) is 0 Å². The topological polar surface area (TPSA) is 38.7 Å².